The molecule has 21 heavy (non-hydrogen) atoms. The van der Waals surface area contributed by atoms with Crippen molar-refractivity contribution in [3.8, 4) is 0 Å². The number of rotatable bonds is 1. The molecule has 2 aromatic heterocycles. The number of aromatic nitrogens is 4. The molecule has 1 saturated heterocycles. The van der Waals surface area contributed by atoms with Gasteiger partial charge < -0.3 is 10.2 Å². The lowest BCUT2D eigenvalue weighted by molar-refractivity contribution is 0.510. The molecule has 1 N–H and O–H groups in total. The average Bonchev–Trinajstić information content (AvgIpc) is 2.99. The van der Waals surface area contributed by atoms with Gasteiger partial charge in [0, 0.05) is 37.6 Å². The molecule has 6 nitrogen and oxygen atoms in total. The van der Waals surface area contributed by atoms with Crippen molar-refractivity contribution in [1.82, 2.24) is 24.9 Å². The van der Waals surface area contributed by atoms with Crippen LogP contribution in [0.25, 0.3) is 16.6 Å². The van der Waals surface area contributed by atoms with E-state index in [1.165, 1.54) is 6.33 Å². The van der Waals surface area contributed by atoms with Crippen LogP contribution in [0.5, 0.6) is 0 Å². The van der Waals surface area contributed by atoms with Gasteiger partial charge in [-0.15, -0.1) is 0 Å². The summed E-state index contributed by atoms with van der Waals surface area (Å²) in [5, 5.41) is 7.87. The van der Waals surface area contributed by atoms with E-state index < -0.39 is 11.6 Å². The predicted molar refractivity (Wildman–Crippen MR) is 73.3 cm³/mol. The van der Waals surface area contributed by atoms with Crippen molar-refractivity contribution in [2.24, 2.45) is 0 Å². The van der Waals surface area contributed by atoms with Crippen LogP contribution in [0.2, 0.25) is 0 Å². The summed E-state index contributed by atoms with van der Waals surface area (Å²) in [5.74, 6) is -1.23. The second kappa shape index (κ2) is 4.59. The highest BCUT2D eigenvalue weighted by Crippen LogP contribution is 2.24. The Morgan fingerprint density at radius 3 is 2.67 bits per heavy atom. The first-order valence-electron chi connectivity index (χ1n) is 6.68. The van der Waals surface area contributed by atoms with E-state index in [1.54, 1.807) is 4.52 Å². The molecule has 108 valence electrons. The molecule has 0 atom stereocenters. The average molecular weight is 290 g/mol. The number of hydrogen-bond donors (Lipinski definition) is 1. The molecule has 0 saturated carbocycles. The highest BCUT2D eigenvalue weighted by molar-refractivity contribution is 5.92. The highest BCUT2D eigenvalue weighted by Gasteiger charge is 2.19. The van der Waals surface area contributed by atoms with Gasteiger partial charge in [-0.2, -0.15) is 9.61 Å². The molecule has 4 rings (SSSR count). The molecule has 0 unspecified atom stereocenters. The fourth-order valence-corrected chi connectivity index (χ4v) is 2.60. The monoisotopic (exact) mass is 290 g/mol. The van der Waals surface area contributed by atoms with Gasteiger partial charge in [-0.1, -0.05) is 0 Å². The standard InChI is InChI=1S/C13H12F2N6/c14-9-5-8-11(6-10(9)15)19-13(20-3-1-16-2-4-20)21-12(8)17-7-18-21/h5-7,16H,1-4H2. The van der Waals surface area contributed by atoms with Gasteiger partial charge >= 0.3 is 0 Å². The van der Waals surface area contributed by atoms with Gasteiger partial charge in [0.05, 0.1) is 5.52 Å². The molecule has 1 aromatic carbocycles. The first-order chi connectivity index (χ1) is 10.2. The van der Waals surface area contributed by atoms with Crippen LogP contribution in [0.4, 0.5) is 14.7 Å². The Morgan fingerprint density at radius 2 is 1.86 bits per heavy atom. The molecule has 1 aliphatic rings. The third-order valence-electron chi connectivity index (χ3n) is 3.64. The van der Waals surface area contributed by atoms with E-state index in [0.29, 0.717) is 22.5 Å². The van der Waals surface area contributed by atoms with Gasteiger partial charge in [-0.3, -0.25) is 0 Å². The quantitative estimate of drug-likeness (QED) is 0.723. The normalized spacial score (nSPS) is 16.0. The van der Waals surface area contributed by atoms with Gasteiger partial charge in [-0.05, 0) is 6.07 Å². The third kappa shape index (κ3) is 1.90. The van der Waals surface area contributed by atoms with Gasteiger partial charge in [0.15, 0.2) is 17.3 Å². The molecule has 0 amide bonds. The Balaban J connectivity index is 2.00. The lowest BCUT2D eigenvalue weighted by Crippen LogP contribution is -2.44. The van der Waals surface area contributed by atoms with E-state index in [2.05, 4.69) is 25.3 Å². The second-order valence-electron chi connectivity index (χ2n) is 4.93. The maximum absolute atomic E-state index is 13.5. The van der Waals surface area contributed by atoms with E-state index in [4.69, 9.17) is 0 Å². The fraction of sp³-hybridized carbons (Fsp3) is 0.308. The van der Waals surface area contributed by atoms with Crippen LogP contribution in [0.3, 0.4) is 0 Å². The Labute approximate surface area is 118 Å². The smallest absolute Gasteiger partial charge is 0.229 e. The molecule has 3 heterocycles. The van der Waals surface area contributed by atoms with Crippen molar-refractivity contribution in [1.29, 1.82) is 0 Å². The van der Waals surface area contributed by atoms with E-state index in [9.17, 15) is 8.78 Å². The Bertz CT molecular complexity index is 824. The molecule has 1 aliphatic heterocycles. The van der Waals surface area contributed by atoms with Gasteiger partial charge in [0.2, 0.25) is 5.95 Å². The third-order valence-corrected chi connectivity index (χ3v) is 3.64. The Hall–Kier alpha value is -2.35. The van der Waals surface area contributed by atoms with Crippen LogP contribution >= 0.6 is 0 Å². The summed E-state index contributed by atoms with van der Waals surface area (Å²) in [7, 11) is 0. The van der Waals surface area contributed by atoms with Crippen molar-refractivity contribution in [2.75, 3.05) is 31.1 Å². The number of nitrogens with zero attached hydrogens (tertiary/aromatic N) is 5. The zero-order valence-corrected chi connectivity index (χ0v) is 11.1. The largest absolute Gasteiger partial charge is 0.338 e. The minimum Gasteiger partial charge on any atom is -0.338 e. The number of anilines is 1. The van der Waals surface area contributed by atoms with Crippen LogP contribution in [-0.2, 0) is 0 Å². The lowest BCUT2D eigenvalue weighted by Gasteiger charge is -2.28. The minimum absolute atomic E-state index is 0.378. The molecule has 0 aliphatic carbocycles. The van der Waals surface area contributed by atoms with Crippen LogP contribution in [-0.4, -0.2) is 45.8 Å². The minimum atomic E-state index is -0.913. The van der Waals surface area contributed by atoms with E-state index >= 15 is 0 Å². The second-order valence-corrected chi connectivity index (χ2v) is 4.93. The maximum atomic E-state index is 13.5. The zero-order valence-electron chi connectivity index (χ0n) is 11.1. The summed E-state index contributed by atoms with van der Waals surface area (Å²) in [6.07, 6.45) is 1.39. The summed E-state index contributed by atoms with van der Waals surface area (Å²) in [5.41, 5.74) is 0.857. The molecule has 1 fully saturated rings. The summed E-state index contributed by atoms with van der Waals surface area (Å²) in [6.45, 7) is 3.23. The van der Waals surface area contributed by atoms with E-state index in [-0.39, 0.29) is 0 Å². The fourth-order valence-electron chi connectivity index (χ4n) is 2.60. The maximum Gasteiger partial charge on any atom is 0.229 e. The number of halogens is 2. The van der Waals surface area contributed by atoms with Gasteiger partial charge in [0.1, 0.15) is 6.33 Å². The van der Waals surface area contributed by atoms with E-state index in [0.717, 1.165) is 38.3 Å². The molecule has 0 bridgehead atoms. The van der Waals surface area contributed by atoms with Crippen molar-refractivity contribution >= 4 is 22.5 Å². The molecular formula is C13H12F2N6. The van der Waals surface area contributed by atoms with E-state index in [1.807, 2.05) is 0 Å². The summed E-state index contributed by atoms with van der Waals surface area (Å²) in [6, 6.07) is 2.22. The Kier molecular flexibility index (Phi) is 2.71. The number of fused-ring (bicyclic) bond motifs is 3. The van der Waals surface area contributed by atoms with Gasteiger partial charge in [-0.25, -0.2) is 18.7 Å². The van der Waals surface area contributed by atoms with Crippen molar-refractivity contribution < 1.29 is 8.78 Å². The SMILES string of the molecule is Fc1cc2nc(N3CCNCC3)n3ncnc3c2cc1F. The topological polar surface area (TPSA) is 58.4 Å². The molecule has 8 heteroatoms. The predicted octanol–water partition coefficient (Wildman–Crippen LogP) is 0.965. The highest BCUT2D eigenvalue weighted by atomic mass is 19.2. The summed E-state index contributed by atoms with van der Waals surface area (Å²) < 4.78 is 28.5. The first-order valence-corrected chi connectivity index (χ1v) is 6.68. The zero-order chi connectivity index (χ0) is 14.4. The molecule has 3 aromatic rings. The summed E-state index contributed by atoms with van der Waals surface area (Å²) >= 11 is 0. The number of benzene rings is 1. The van der Waals surface area contributed by atoms with Crippen LogP contribution < -0.4 is 10.2 Å². The summed E-state index contributed by atoms with van der Waals surface area (Å²) in [4.78, 5) is 10.7. The molecular weight excluding hydrogens is 278 g/mol. The first kappa shape index (κ1) is 12.4. The molecule has 0 radical (unpaired) electrons. The van der Waals surface area contributed by atoms with Crippen LogP contribution in [0.15, 0.2) is 18.5 Å². The van der Waals surface area contributed by atoms with Crippen molar-refractivity contribution in [2.45, 2.75) is 0 Å². The number of nitrogens with one attached hydrogen (secondary N) is 1. The lowest BCUT2D eigenvalue weighted by atomic mass is 10.2. The molecule has 0 spiro atoms. The van der Waals surface area contributed by atoms with Gasteiger partial charge in [0.25, 0.3) is 0 Å². The number of hydrogen-bond acceptors (Lipinski definition) is 5. The van der Waals surface area contributed by atoms with Crippen molar-refractivity contribution in [3.63, 3.8) is 0 Å². The Morgan fingerprint density at radius 1 is 1.10 bits per heavy atom. The van der Waals surface area contributed by atoms with Crippen LogP contribution in [0.1, 0.15) is 0 Å². The number of piperazine rings is 1. The van der Waals surface area contributed by atoms with Crippen LogP contribution in [0, 0.1) is 11.6 Å². The van der Waals surface area contributed by atoms with Crippen molar-refractivity contribution in [3.05, 3.63) is 30.1 Å².